The molecule has 0 fully saturated rings. The third-order valence-corrected chi connectivity index (χ3v) is 5.73. The van der Waals surface area contributed by atoms with Crippen LogP contribution in [0.3, 0.4) is 0 Å². The summed E-state index contributed by atoms with van der Waals surface area (Å²) in [6.07, 6.45) is 0. The first-order chi connectivity index (χ1) is 11.9. The van der Waals surface area contributed by atoms with Crippen LogP contribution in [0.5, 0.6) is 0 Å². The van der Waals surface area contributed by atoms with Crippen molar-refractivity contribution in [3.8, 4) is 0 Å². The second-order valence-electron chi connectivity index (χ2n) is 6.27. The minimum absolute atomic E-state index is 0. The standard InChI is InChI=1S/C19H16BrN3OS.ClH/c1-9(2)22-18(21)10-3-5-12-15(7-10)25-17-16(12)13-8-11(20)4-6-14(13)23-19(17)24;/h3-9H,1-2H3,(H2,21,22)(H,23,24);1H. The summed E-state index contributed by atoms with van der Waals surface area (Å²) < 4.78 is 2.75. The van der Waals surface area contributed by atoms with Crippen molar-refractivity contribution in [1.82, 2.24) is 4.98 Å². The highest BCUT2D eigenvalue weighted by Gasteiger charge is 2.14. The Kier molecular flexibility index (Phi) is 5.10. The monoisotopic (exact) mass is 449 g/mol. The van der Waals surface area contributed by atoms with Gasteiger partial charge in [0.1, 0.15) is 10.5 Å². The van der Waals surface area contributed by atoms with Gasteiger partial charge < -0.3 is 10.7 Å². The van der Waals surface area contributed by atoms with Gasteiger partial charge in [-0.25, -0.2) is 0 Å². The molecule has 2 heterocycles. The summed E-state index contributed by atoms with van der Waals surface area (Å²) in [6.45, 7) is 3.99. The summed E-state index contributed by atoms with van der Waals surface area (Å²) in [5.41, 5.74) is 7.77. The normalized spacial score (nSPS) is 12.2. The van der Waals surface area contributed by atoms with Gasteiger partial charge in [-0.05, 0) is 38.1 Å². The highest BCUT2D eigenvalue weighted by atomic mass is 79.9. The summed E-state index contributed by atoms with van der Waals surface area (Å²) in [5, 5.41) is 3.09. The molecule has 2 aromatic carbocycles. The second-order valence-corrected chi connectivity index (χ2v) is 8.24. The molecule has 0 bridgehead atoms. The first-order valence-electron chi connectivity index (χ1n) is 7.95. The number of fused-ring (bicyclic) bond motifs is 5. The van der Waals surface area contributed by atoms with E-state index in [1.807, 2.05) is 50.2 Å². The summed E-state index contributed by atoms with van der Waals surface area (Å²) in [7, 11) is 0. The van der Waals surface area contributed by atoms with Crippen molar-refractivity contribution < 1.29 is 0 Å². The van der Waals surface area contributed by atoms with E-state index in [4.69, 9.17) is 5.73 Å². The molecule has 0 amide bonds. The summed E-state index contributed by atoms with van der Waals surface area (Å²) in [5.74, 6) is 0.524. The Balaban J connectivity index is 0.00000196. The van der Waals surface area contributed by atoms with Gasteiger partial charge in [-0.3, -0.25) is 9.79 Å². The van der Waals surface area contributed by atoms with Crippen molar-refractivity contribution in [3.05, 3.63) is 56.8 Å². The molecule has 0 aliphatic carbocycles. The van der Waals surface area contributed by atoms with Crippen LogP contribution < -0.4 is 11.3 Å². The molecule has 0 unspecified atom stereocenters. The van der Waals surface area contributed by atoms with Gasteiger partial charge in [-0.15, -0.1) is 23.7 Å². The van der Waals surface area contributed by atoms with Gasteiger partial charge in [0.2, 0.25) is 0 Å². The van der Waals surface area contributed by atoms with Crippen LogP contribution in [0.2, 0.25) is 0 Å². The van der Waals surface area contributed by atoms with E-state index in [-0.39, 0.29) is 24.0 Å². The highest BCUT2D eigenvalue weighted by molar-refractivity contribution is 9.10. The van der Waals surface area contributed by atoms with Crippen LogP contribution in [0.15, 0.2) is 50.7 Å². The Morgan fingerprint density at radius 2 is 1.96 bits per heavy atom. The minimum atomic E-state index is -0.0589. The summed E-state index contributed by atoms with van der Waals surface area (Å²) >= 11 is 5.01. The lowest BCUT2D eigenvalue weighted by Crippen LogP contribution is -2.15. The Bertz CT molecular complexity index is 1230. The molecule has 0 saturated heterocycles. The lowest BCUT2D eigenvalue weighted by molar-refractivity contribution is 0.834. The van der Waals surface area contributed by atoms with E-state index in [1.54, 1.807) is 0 Å². The average molecular weight is 451 g/mol. The van der Waals surface area contributed by atoms with E-state index < -0.39 is 0 Å². The Morgan fingerprint density at radius 1 is 1.19 bits per heavy atom. The SMILES string of the molecule is CC(C)N=C(N)c1ccc2c(c1)sc1c(=O)[nH]c3ccc(Br)cc3c12.Cl. The van der Waals surface area contributed by atoms with Gasteiger partial charge >= 0.3 is 0 Å². The lowest BCUT2D eigenvalue weighted by Gasteiger charge is -2.04. The van der Waals surface area contributed by atoms with Gasteiger partial charge in [0.15, 0.2) is 0 Å². The number of pyridine rings is 1. The molecule has 7 heteroatoms. The molecule has 0 aliphatic heterocycles. The molecule has 0 aliphatic rings. The quantitative estimate of drug-likeness (QED) is 0.326. The molecule has 26 heavy (non-hydrogen) atoms. The number of nitrogens with two attached hydrogens (primary N) is 1. The largest absolute Gasteiger partial charge is 0.383 e. The van der Waals surface area contributed by atoms with Gasteiger partial charge in [0.05, 0.1) is 0 Å². The van der Waals surface area contributed by atoms with Gasteiger partial charge in [0, 0.05) is 42.5 Å². The molecule has 0 spiro atoms. The number of benzene rings is 2. The number of hydrogen-bond donors (Lipinski definition) is 2. The fourth-order valence-corrected chi connectivity index (χ4v) is 4.56. The Morgan fingerprint density at radius 3 is 2.69 bits per heavy atom. The van der Waals surface area contributed by atoms with Crippen LogP contribution in [-0.2, 0) is 0 Å². The number of nitrogens with one attached hydrogen (secondary N) is 1. The minimum Gasteiger partial charge on any atom is -0.383 e. The third-order valence-electron chi connectivity index (χ3n) is 4.09. The number of aliphatic imine (C=N–C) groups is 1. The van der Waals surface area contributed by atoms with Gasteiger partial charge in [0.25, 0.3) is 5.56 Å². The number of H-pyrrole nitrogens is 1. The zero-order chi connectivity index (χ0) is 17.7. The number of aromatic amines is 1. The molecular formula is C19H17BrClN3OS. The molecule has 0 atom stereocenters. The number of aromatic nitrogens is 1. The first-order valence-corrected chi connectivity index (χ1v) is 9.56. The van der Waals surface area contributed by atoms with Gasteiger partial charge in [-0.2, -0.15) is 0 Å². The zero-order valence-electron chi connectivity index (χ0n) is 14.2. The van der Waals surface area contributed by atoms with E-state index >= 15 is 0 Å². The molecule has 2 aromatic heterocycles. The second kappa shape index (κ2) is 7.02. The molecular weight excluding hydrogens is 434 g/mol. The predicted molar refractivity (Wildman–Crippen MR) is 118 cm³/mol. The zero-order valence-corrected chi connectivity index (χ0v) is 17.4. The van der Waals surface area contributed by atoms with E-state index in [0.29, 0.717) is 5.84 Å². The van der Waals surface area contributed by atoms with Crippen LogP contribution in [0.1, 0.15) is 19.4 Å². The van der Waals surface area contributed by atoms with Crippen molar-refractivity contribution in [3.63, 3.8) is 0 Å². The van der Waals surface area contributed by atoms with Crippen molar-refractivity contribution in [2.45, 2.75) is 19.9 Å². The lowest BCUT2D eigenvalue weighted by atomic mass is 10.1. The molecule has 4 rings (SSSR count). The van der Waals surface area contributed by atoms with Crippen molar-refractivity contribution in [2.75, 3.05) is 0 Å². The van der Waals surface area contributed by atoms with E-state index in [2.05, 4.69) is 25.9 Å². The van der Waals surface area contributed by atoms with Crippen LogP contribution in [0, 0.1) is 0 Å². The predicted octanol–water partition coefficient (Wildman–Crippen LogP) is 5.19. The van der Waals surface area contributed by atoms with Crippen LogP contribution >= 0.6 is 39.7 Å². The molecule has 0 radical (unpaired) electrons. The smallest absolute Gasteiger partial charge is 0.266 e. The Hall–Kier alpha value is -1.89. The molecule has 134 valence electrons. The van der Waals surface area contributed by atoms with Crippen molar-refractivity contribution in [1.29, 1.82) is 0 Å². The highest BCUT2D eigenvalue weighted by Crippen LogP contribution is 2.37. The molecule has 3 N–H and O–H groups in total. The van der Waals surface area contributed by atoms with Crippen LogP contribution in [0.25, 0.3) is 31.1 Å². The number of hydrogen-bond acceptors (Lipinski definition) is 3. The van der Waals surface area contributed by atoms with E-state index in [1.165, 1.54) is 11.3 Å². The van der Waals surface area contributed by atoms with E-state index in [0.717, 1.165) is 41.1 Å². The summed E-state index contributed by atoms with van der Waals surface area (Å²) in [6, 6.07) is 12.1. The maximum absolute atomic E-state index is 12.5. The molecule has 4 nitrogen and oxygen atoms in total. The number of halogens is 2. The van der Waals surface area contributed by atoms with Crippen molar-refractivity contribution >= 4 is 76.6 Å². The number of nitrogens with zero attached hydrogens (tertiary/aromatic N) is 1. The summed E-state index contributed by atoms with van der Waals surface area (Å²) in [4.78, 5) is 19.9. The van der Waals surface area contributed by atoms with Crippen molar-refractivity contribution in [2.24, 2.45) is 10.7 Å². The Labute approximate surface area is 168 Å². The maximum Gasteiger partial charge on any atom is 0.266 e. The topological polar surface area (TPSA) is 71.2 Å². The first kappa shape index (κ1) is 18.9. The number of thiophene rings is 1. The van der Waals surface area contributed by atoms with Gasteiger partial charge in [-0.1, -0.05) is 28.1 Å². The maximum atomic E-state index is 12.5. The fraction of sp³-hybridized carbons (Fsp3) is 0.158. The van der Waals surface area contributed by atoms with E-state index in [9.17, 15) is 4.79 Å². The third kappa shape index (κ3) is 3.13. The molecule has 0 saturated carbocycles. The van der Waals surface area contributed by atoms with Crippen LogP contribution in [-0.4, -0.2) is 16.9 Å². The molecule has 4 aromatic rings. The number of rotatable bonds is 2. The number of amidine groups is 1. The fourth-order valence-electron chi connectivity index (χ4n) is 3.05. The average Bonchev–Trinajstić information content (AvgIpc) is 2.94. The van der Waals surface area contributed by atoms with Crippen LogP contribution in [0.4, 0.5) is 0 Å².